The SMILES string of the molecule is Cc1cc(C(=O)N2CCN(c3ccccc3O)CC2)c(C)n1-c1ccn(C)n1. The fraction of sp³-hybridized carbons (Fsp3) is 0.333. The molecule has 7 heteroatoms. The van der Waals surface area contributed by atoms with Gasteiger partial charge in [0.15, 0.2) is 5.82 Å². The second kappa shape index (κ2) is 7.07. The molecule has 1 saturated heterocycles. The van der Waals surface area contributed by atoms with Gasteiger partial charge in [-0.1, -0.05) is 12.1 Å². The molecule has 4 rings (SSSR count). The Kier molecular flexibility index (Phi) is 4.58. The Balaban J connectivity index is 1.51. The van der Waals surface area contributed by atoms with Gasteiger partial charge in [0.05, 0.1) is 11.3 Å². The maximum absolute atomic E-state index is 13.2. The molecule has 0 atom stereocenters. The number of piperazine rings is 1. The number of anilines is 1. The molecule has 0 aliphatic carbocycles. The first-order valence-electron chi connectivity index (χ1n) is 9.47. The lowest BCUT2D eigenvalue weighted by molar-refractivity contribution is 0.0746. The van der Waals surface area contributed by atoms with Gasteiger partial charge in [0.1, 0.15) is 5.75 Å². The van der Waals surface area contributed by atoms with E-state index in [2.05, 4.69) is 10.00 Å². The van der Waals surface area contributed by atoms with Crippen molar-refractivity contribution >= 4 is 11.6 Å². The van der Waals surface area contributed by atoms with E-state index in [0.29, 0.717) is 26.2 Å². The molecule has 146 valence electrons. The van der Waals surface area contributed by atoms with Gasteiger partial charge in [-0.15, -0.1) is 0 Å². The van der Waals surface area contributed by atoms with E-state index in [4.69, 9.17) is 0 Å². The molecule has 0 spiro atoms. The van der Waals surface area contributed by atoms with Crippen LogP contribution in [0.5, 0.6) is 5.75 Å². The molecule has 3 aromatic rings. The van der Waals surface area contributed by atoms with Gasteiger partial charge in [0, 0.05) is 56.9 Å². The summed E-state index contributed by atoms with van der Waals surface area (Å²) >= 11 is 0. The Morgan fingerprint density at radius 2 is 1.79 bits per heavy atom. The van der Waals surface area contributed by atoms with Gasteiger partial charge >= 0.3 is 0 Å². The van der Waals surface area contributed by atoms with Crippen LogP contribution in [-0.2, 0) is 7.05 Å². The summed E-state index contributed by atoms with van der Waals surface area (Å²) in [6, 6.07) is 11.2. The number of benzene rings is 1. The summed E-state index contributed by atoms with van der Waals surface area (Å²) in [6.07, 6.45) is 1.90. The average molecular weight is 379 g/mol. The molecular formula is C21H25N5O2. The summed E-state index contributed by atoms with van der Waals surface area (Å²) in [6.45, 7) is 6.60. The highest BCUT2D eigenvalue weighted by molar-refractivity contribution is 5.96. The summed E-state index contributed by atoms with van der Waals surface area (Å²) in [5.41, 5.74) is 3.44. The first-order chi connectivity index (χ1) is 13.5. The van der Waals surface area contributed by atoms with Crippen LogP contribution in [0.3, 0.4) is 0 Å². The van der Waals surface area contributed by atoms with Crippen LogP contribution >= 0.6 is 0 Å². The highest BCUT2D eigenvalue weighted by Gasteiger charge is 2.26. The standard InChI is InChI=1S/C21H25N5O2/c1-15-14-17(16(2)26(15)20-8-9-23(3)22-20)21(28)25-12-10-24(11-13-25)18-6-4-5-7-19(18)27/h4-9,14,27H,10-13H2,1-3H3. The monoisotopic (exact) mass is 379 g/mol. The van der Waals surface area contributed by atoms with Crippen molar-refractivity contribution in [2.45, 2.75) is 13.8 Å². The Labute approximate surface area is 164 Å². The molecule has 0 unspecified atom stereocenters. The van der Waals surface area contributed by atoms with Crippen molar-refractivity contribution in [3.8, 4) is 11.6 Å². The molecular weight excluding hydrogens is 354 g/mol. The first kappa shape index (κ1) is 18.2. The number of rotatable bonds is 3. The van der Waals surface area contributed by atoms with Crippen molar-refractivity contribution in [1.82, 2.24) is 19.2 Å². The lowest BCUT2D eigenvalue weighted by atomic mass is 10.2. The summed E-state index contributed by atoms with van der Waals surface area (Å²) in [5, 5.41) is 14.5. The molecule has 2 aromatic heterocycles. The van der Waals surface area contributed by atoms with Gasteiger partial charge in [-0.25, -0.2) is 0 Å². The van der Waals surface area contributed by atoms with Crippen molar-refractivity contribution < 1.29 is 9.90 Å². The second-order valence-electron chi connectivity index (χ2n) is 7.24. The predicted octanol–water partition coefficient (Wildman–Crippen LogP) is 2.50. The van der Waals surface area contributed by atoms with Crippen molar-refractivity contribution in [2.24, 2.45) is 7.05 Å². The predicted molar refractivity (Wildman–Crippen MR) is 108 cm³/mol. The third-order valence-electron chi connectivity index (χ3n) is 5.38. The minimum absolute atomic E-state index is 0.0483. The molecule has 0 bridgehead atoms. The number of phenols is 1. The van der Waals surface area contributed by atoms with Crippen LogP contribution in [0, 0.1) is 13.8 Å². The van der Waals surface area contributed by atoms with Gasteiger partial charge < -0.3 is 19.5 Å². The Morgan fingerprint density at radius 1 is 1.07 bits per heavy atom. The van der Waals surface area contributed by atoms with Gasteiger partial charge in [0.25, 0.3) is 5.91 Å². The number of hydrogen-bond acceptors (Lipinski definition) is 4. The maximum atomic E-state index is 13.2. The van der Waals surface area contributed by atoms with Gasteiger partial charge in [-0.05, 0) is 32.0 Å². The zero-order valence-corrected chi connectivity index (χ0v) is 16.5. The van der Waals surface area contributed by atoms with Crippen molar-refractivity contribution in [1.29, 1.82) is 0 Å². The quantitative estimate of drug-likeness (QED) is 0.759. The molecule has 3 heterocycles. The van der Waals surface area contributed by atoms with E-state index in [-0.39, 0.29) is 11.7 Å². The lowest BCUT2D eigenvalue weighted by Gasteiger charge is -2.36. The van der Waals surface area contributed by atoms with Crippen LogP contribution in [0.1, 0.15) is 21.7 Å². The van der Waals surface area contributed by atoms with Gasteiger partial charge in [-0.3, -0.25) is 9.48 Å². The van der Waals surface area contributed by atoms with E-state index in [1.54, 1.807) is 10.7 Å². The van der Waals surface area contributed by atoms with Crippen LogP contribution < -0.4 is 4.90 Å². The topological polar surface area (TPSA) is 66.5 Å². The van der Waals surface area contributed by atoms with E-state index >= 15 is 0 Å². The minimum atomic E-state index is 0.0483. The number of phenolic OH excluding ortho intramolecular Hbond substituents is 1. The molecule has 1 amide bonds. The fourth-order valence-corrected chi connectivity index (χ4v) is 3.91. The molecule has 28 heavy (non-hydrogen) atoms. The van der Waals surface area contributed by atoms with Crippen LogP contribution in [0.15, 0.2) is 42.6 Å². The van der Waals surface area contributed by atoms with E-state index in [0.717, 1.165) is 28.5 Å². The van der Waals surface area contributed by atoms with Crippen LogP contribution in [0.2, 0.25) is 0 Å². The Morgan fingerprint density at radius 3 is 2.43 bits per heavy atom. The highest BCUT2D eigenvalue weighted by atomic mass is 16.3. The number of carbonyl (C=O) groups excluding carboxylic acids is 1. The number of hydrogen-bond donors (Lipinski definition) is 1. The van der Waals surface area contributed by atoms with Crippen LogP contribution in [-0.4, -0.2) is 56.4 Å². The third-order valence-corrected chi connectivity index (χ3v) is 5.38. The normalized spacial score (nSPS) is 14.5. The molecule has 1 N–H and O–H groups in total. The van der Waals surface area contributed by atoms with E-state index < -0.39 is 0 Å². The van der Waals surface area contributed by atoms with E-state index in [9.17, 15) is 9.90 Å². The van der Waals surface area contributed by atoms with Crippen LogP contribution in [0.4, 0.5) is 5.69 Å². The first-order valence-corrected chi connectivity index (χ1v) is 9.47. The molecule has 7 nitrogen and oxygen atoms in total. The molecule has 1 aliphatic heterocycles. The second-order valence-corrected chi connectivity index (χ2v) is 7.24. The summed E-state index contributed by atoms with van der Waals surface area (Å²) in [5.74, 6) is 1.15. The Bertz CT molecular complexity index is 1010. The molecule has 1 fully saturated rings. The number of carbonyl (C=O) groups is 1. The van der Waals surface area contributed by atoms with E-state index in [1.165, 1.54) is 0 Å². The van der Waals surface area contributed by atoms with Crippen LogP contribution in [0.25, 0.3) is 5.82 Å². The summed E-state index contributed by atoms with van der Waals surface area (Å²) in [4.78, 5) is 17.2. The zero-order chi connectivity index (χ0) is 19.8. The summed E-state index contributed by atoms with van der Waals surface area (Å²) in [7, 11) is 1.88. The zero-order valence-electron chi connectivity index (χ0n) is 16.5. The van der Waals surface area contributed by atoms with Crippen molar-refractivity contribution in [3.05, 3.63) is 59.5 Å². The Hall–Kier alpha value is -3.22. The number of aryl methyl sites for hydroxylation is 2. The average Bonchev–Trinajstić information content (AvgIpc) is 3.24. The summed E-state index contributed by atoms with van der Waals surface area (Å²) < 4.78 is 3.78. The minimum Gasteiger partial charge on any atom is -0.506 e. The number of aromatic hydroxyl groups is 1. The van der Waals surface area contributed by atoms with Crippen molar-refractivity contribution in [2.75, 3.05) is 31.1 Å². The van der Waals surface area contributed by atoms with Gasteiger partial charge in [-0.2, -0.15) is 5.10 Å². The molecule has 1 aliphatic rings. The number of aromatic nitrogens is 3. The maximum Gasteiger partial charge on any atom is 0.255 e. The number of amides is 1. The fourth-order valence-electron chi connectivity index (χ4n) is 3.91. The van der Waals surface area contributed by atoms with Gasteiger partial charge in [0.2, 0.25) is 0 Å². The van der Waals surface area contributed by atoms with E-state index in [1.807, 2.05) is 66.9 Å². The smallest absolute Gasteiger partial charge is 0.255 e. The number of nitrogens with zero attached hydrogens (tertiary/aromatic N) is 5. The van der Waals surface area contributed by atoms with Crippen molar-refractivity contribution in [3.63, 3.8) is 0 Å². The highest BCUT2D eigenvalue weighted by Crippen LogP contribution is 2.28. The third kappa shape index (κ3) is 3.13. The largest absolute Gasteiger partial charge is 0.506 e. The lowest BCUT2D eigenvalue weighted by Crippen LogP contribution is -2.48. The molecule has 1 aromatic carbocycles. The molecule has 0 radical (unpaired) electrons. The number of para-hydroxylation sites is 2. The molecule has 0 saturated carbocycles.